The molecule has 0 aromatic carbocycles. The molecule has 0 aliphatic rings. The van der Waals surface area contributed by atoms with E-state index in [0.717, 1.165) is 4.88 Å². The van der Waals surface area contributed by atoms with Crippen molar-refractivity contribution in [3.8, 4) is 11.2 Å². The standard InChI is InChI=1S/C7H7ClN4OS/c1-12-4-10-6(11-12)13-7-9-3-5(2-8)14-7/h3-4H,2H2,1H3. The van der Waals surface area contributed by atoms with Gasteiger partial charge in [-0.25, -0.2) is 4.98 Å². The van der Waals surface area contributed by atoms with Crippen molar-refractivity contribution >= 4 is 22.9 Å². The molecule has 0 saturated heterocycles. The highest BCUT2D eigenvalue weighted by molar-refractivity contribution is 7.13. The Bertz CT molecular complexity index is 427. The smallest absolute Gasteiger partial charge is 0.342 e. The van der Waals surface area contributed by atoms with Crippen molar-refractivity contribution in [3.63, 3.8) is 0 Å². The Hall–Kier alpha value is -1.14. The molecule has 0 saturated carbocycles. The van der Waals surface area contributed by atoms with Gasteiger partial charge in [0.05, 0.1) is 5.88 Å². The first-order valence-electron chi connectivity index (χ1n) is 3.82. The van der Waals surface area contributed by atoms with Gasteiger partial charge in [0.2, 0.25) is 0 Å². The zero-order valence-electron chi connectivity index (χ0n) is 7.35. The van der Waals surface area contributed by atoms with Gasteiger partial charge < -0.3 is 4.74 Å². The molecule has 0 aliphatic heterocycles. The molecule has 0 radical (unpaired) electrons. The fourth-order valence-electron chi connectivity index (χ4n) is 0.843. The average molecular weight is 231 g/mol. The molecule has 2 aromatic rings. The van der Waals surface area contributed by atoms with E-state index in [1.54, 1.807) is 24.3 Å². The van der Waals surface area contributed by atoms with E-state index >= 15 is 0 Å². The van der Waals surface area contributed by atoms with Crippen LogP contribution in [0.4, 0.5) is 0 Å². The van der Waals surface area contributed by atoms with E-state index < -0.39 is 0 Å². The summed E-state index contributed by atoms with van der Waals surface area (Å²) >= 11 is 7.01. The summed E-state index contributed by atoms with van der Waals surface area (Å²) in [4.78, 5) is 8.88. The topological polar surface area (TPSA) is 52.8 Å². The fourth-order valence-corrected chi connectivity index (χ4v) is 1.68. The number of halogens is 1. The van der Waals surface area contributed by atoms with Gasteiger partial charge in [-0.3, -0.25) is 4.68 Å². The van der Waals surface area contributed by atoms with Crippen LogP contribution in [0.2, 0.25) is 0 Å². The maximum Gasteiger partial charge on any atom is 0.342 e. The lowest BCUT2D eigenvalue weighted by Gasteiger charge is -1.92. The third-order valence-electron chi connectivity index (χ3n) is 1.42. The summed E-state index contributed by atoms with van der Waals surface area (Å²) in [7, 11) is 1.77. The highest BCUT2D eigenvalue weighted by Crippen LogP contribution is 2.24. The lowest BCUT2D eigenvalue weighted by atomic mass is 10.6. The molecule has 0 N–H and O–H groups in total. The molecule has 5 nitrogen and oxygen atoms in total. The molecule has 2 aromatic heterocycles. The molecule has 2 heterocycles. The second-order valence-corrected chi connectivity index (χ2v) is 3.87. The van der Waals surface area contributed by atoms with Gasteiger partial charge in [0.15, 0.2) is 0 Å². The van der Waals surface area contributed by atoms with E-state index in [0.29, 0.717) is 17.1 Å². The van der Waals surface area contributed by atoms with Crippen molar-refractivity contribution in [2.45, 2.75) is 5.88 Å². The van der Waals surface area contributed by atoms with Crippen LogP contribution in [0.25, 0.3) is 0 Å². The molecule has 0 aliphatic carbocycles. The Balaban J connectivity index is 2.10. The summed E-state index contributed by atoms with van der Waals surface area (Å²) in [6, 6.07) is 0.294. The Morgan fingerprint density at radius 1 is 1.57 bits per heavy atom. The summed E-state index contributed by atoms with van der Waals surface area (Å²) in [6.07, 6.45) is 3.24. The van der Waals surface area contributed by atoms with Crippen LogP contribution in [-0.2, 0) is 12.9 Å². The first-order valence-corrected chi connectivity index (χ1v) is 5.17. The van der Waals surface area contributed by atoms with E-state index in [4.69, 9.17) is 16.3 Å². The van der Waals surface area contributed by atoms with E-state index in [1.807, 2.05) is 0 Å². The number of ether oxygens (including phenoxy) is 1. The average Bonchev–Trinajstić information content (AvgIpc) is 2.76. The van der Waals surface area contributed by atoms with Crippen molar-refractivity contribution in [3.05, 3.63) is 17.4 Å². The minimum Gasteiger partial charge on any atom is -0.394 e. The molecular weight excluding hydrogens is 224 g/mol. The Morgan fingerprint density at radius 2 is 2.43 bits per heavy atom. The molecular formula is C7H7ClN4OS. The summed E-state index contributed by atoms with van der Waals surface area (Å²) < 4.78 is 6.85. The molecule has 74 valence electrons. The third kappa shape index (κ3) is 2.02. The van der Waals surface area contributed by atoms with Gasteiger partial charge in [0.25, 0.3) is 5.19 Å². The molecule has 0 atom stereocenters. The van der Waals surface area contributed by atoms with E-state index in [-0.39, 0.29) is 0 Å². The molecule has 0 amide bonds. The fraction of sp³-hybridized carbons (Fsp3) is 0.286. The lowest BCUT2D eigenvalue weighted by Crippen LogP contribution is -1.89. The molecule has 2 rings (SSSR count). The van der Waals surface area contributed by atoms with Crippen LogP contribution in [0.15, 0.2) is 12.5 Å². The molecule has 0 fully saturated rings. The van der Waals surface area contributed by atoms with E-state index in [9.17, 15) is 0 Å². The number of rotatable bonds is 3. The lowest BCUT2D eigenvalue weighted by molar-refractivity contribution is 0.436. The highest BCUT2D eigenvalue weighted by atomic mass is 35.5. The van der Waals surface area contributed by atoms with Crippen molar-refractivity contribution in [2.75, 3.05) is 0 Å². The van der Waals surface area contributed by atoms with Crippen LogP contribution in [0.5, 0.6) is 11.2 Å². The van der Waals surface area contributed by atoms with Crippen molar-refractivity contribution < 1.29 is 4.74 Å². The van der Waals surface area contributed by atoms with E-state index in [1.165, 1.54) is 11.3 Å². The summed E-state index contributed by atoms with van der Waals surface area (Å²) in [5.74, 6) is 0.441. The first-order chi connectivity index (χ1) is 6.78. The van der Waals surface area contributed by atoms with Crippen molar-refractivity contribution in [1.29, 1.82) is 0 Å². The van der Waals surface area contributed by atoms with Gasteiger partial charge in [-0.15, -0.1) is 16.7 Å². The number of alkyl halides is 1. The van der Waals surface area contributed by atoms with Gasteiger partial charge >= 0.3 is 6.01 Å². The summed E-state index contributed by atoms with van der Waals surface area (Å²) in [5, 5.41) is 4.46. The summed E-state index contributed by atoms with van der Waals surface area (Å²) in [5.41, 5.74) is 0. The maximum absolute atomic E-state index is 5.63. The quantitative estimate of drug-likeness (QED) is 0.755. The SMILES string of the molecule is Cn1cnc(Oc2ncc(CCl)s2)n1. The van der Waals surface area contributed by atoms with Crippen LogP contribution in [-0.4, -0.2) is 19.7 Å². The molecule has 0 unspecified atom stereocenters. The predicted octanol–water partition coefficient (Wildman–Crippen LogP) is 1.80. The normalized spacial score (nSPS) is 10.4. The second-order valence-electron chi connectivity index (χ2n) is 2.53. The number of aromatic nitrogens is 4. The molecule has 0 spiro atoms. The van der Waals surface area contributed by atoms with Crippen LogP contribution in [0.1, 0.15) is 4.88 Å². The molecule has 7 heteroatoms. The molecule has 0 bridgehead atoms. The van der Waals surface area contributed by atoms with Gasteiger partial charge in [-0.05, 0) is 0 Å². The second kappa shape index (κ2) is 3.93. The number of thiazole rings is 1. The van der Waals surface area contributed by atoms with Crippen LogP contribution < -0.4 is 4.74 Å². The third-order valence-corrected chi connectivity index (χ3v) is 2.74. The number of hydrogen-bond donors (Lipinski definition) is 0. The van der Waals surface area contributed by atoms with Crippen LogP contribution >= 0.6 is 22.9 Å². The Labute approximate surface area is 89.3 Å². The zero-order valence-corrected chi connectivity index (χ0v) is 8.92. The number of nitrogens with zero attached hydrogens (tertiary/aromatic N) is 4. The van der Waals surface area contributed by atoms with Gasteiger partial charge in [-0.2, -0.15) is 4.98 Å². The largest absolute Gasteiger partial charge is 0.394 e. The minimum absolute atomic E-state index is 0.294. The highest BCUT2D eigenvalue weighted by Gasteiger charge is 2.06. The summed E-state index contributed by atoms with van der Waals surface area (Å²) in [6.45, 7) is 0. The minimum atomic E-state index is 0.294. The zero-order chi connectivity index (χ0) is 9.97. The van der Waals surface area contributed by atoms with Crippen LogP contribution in [0, 0.1) is 0 Å². The van der Waals surface area contributed by atoms with Gasteiger partial charge in [0.1, 0.15) is 6.33 Å². The van der Waals surface area contributed by atoms with Gasteiger partial charge in [0, 0.05) is 18.1 Å². The monoisotopic (exact) mass is 230 g/mol. The van der Waals surface area contributed by atoms with E-state index in [2.05, 4.69) is 15.1 Å². The molecule has 14 heavy (non-hydrogen) atoms. The number of hydrogen-bond acceptors (Lipinski definition) is 5. The number of aryl methyl sites for hydroxylation is 1. The van der Waals surface area contributed by atoms with Crippen molar-refractivity contribution in [1.82, 2.24) is 19.7 Å². The van der Waals surface area contributed by atoms with Gasteiger partial charge in [-0.1, -0.05) is 11.3 Å². The van der Waals surface area contributed by atoms with Crippen molar-refractivity contribution in [2.24, 2.45) is 7.05 Å². The predicted molar refractivity (Wildman–Crippen MR) is 52.7 cm³/mol. The van der Waals surface area contributed by atoms with Crippen LogP contribution in [0.3, 0.4) is 0 Å². The first kappa shape index (κ1) is 9.42. The maximum atomic E-state index is 5.63. The Kier molecular flexibility index (Phi) is 2.64. The Morgan fingerprint density at radius 3 is 3.00 bits per heavy atom.